The summed E-state index contributed by atoms with van der Waals surface area (Å²) in [6.07, 6.45) is 13.2. The van der Waals surface area contributed by atoms with Crippen molar-refractivity contribution in [1.82, 2.24) is 5.32 Å². The maximum atomic E-state index is 12.1. The second-order valence-corrected chi connectivity index (χ2v) is 8.59. The summed E-state index contributed by atoms with van der Waals surface area (Å²) in [4.78, 5) is 12.1. The highest BCUT2D eigenvalue weighted by atomic mass is 127. The van der Waals surface area contributed by atoms with E-state index in [0.29, 0.717) is 0 Å². The molecule has 0 aliphatic rings. The van der Waals surface area contributed by atoms with Crippen LogP contribution in [-0.4, -0.2) is 12.5 Å². The third-order valence-corrected chi connectivity index (χ3v) is 5.19. The lowest BCUT2D eigenvalue weighted by Gasteiger charge is -2.06. The maximum absolute atomic E-state index is 12.1. The molecule has 0 atom stereocenters. The number of halogens is 2. The average molecular weight is 541 g/mol. The minimum Gasteiger partial charge on any atom is -0.352 e. The van der Waals surface area contributed by atoms with Gasteiger partial charge in [-0.15, -0.1) is 0 Å². The zero-order valence-electron chi connectivity index (χ0n) is 14.2. The summed E-state index contributed by atoms with van der Waals surface area (Å²) in [6, 6.07) is 5.95. The Kier molecular flexibility index (Phi) is 12.4. The van der Waals surface area contributed by atoms with Crippen LogP contribution in [0, 0.1) is 7.14 Å². The molecule has 1 aromatic carbocycles. The van der Waals surface area contributed by atoms with Crippen molar-refractivity contribution in [2.75, 3.05) is 6.54 Å². The van der Waals surface area contributed by atoms with Crippen LogP contribution >= 0.6 is 45.2 Å². The molecule has 0 bridgehead atoms. The Hall–Kier alpha value is 0.150. The molecule has 0 saturated heterocycles. The monoisotopic (exact) mass is 541 g/mol. The normalized spacial score (nSPS) is 10.7. The predicted octanol–water partition coefficient (Wildman–Crippen LogP) is 6.55. The van der Waals surface area contributed by atoms with Gasteiger partial charge < -0.3 is 5.32 Å². The van der Waals surface area contributed by atoms with Crippen molar-refractivity contribution in [3.63, 3.8) is 0 Å². The summed E-state index contributed by atoms with van der Waals surface area (Å²) < 4.78 is 2.22. The van der Waals surface area contributed by atoms with Crippen molar-refractivity contribution < 1.29 is 4.79 Å². The van der Waals surface area contributed by atoms with Crippen molar-refractivity contribution in [2.24, 2.45) is 0 Å². The molecule has 4 heteroatoms. The summed E-state index contributed by atoms with van der Waals surface area (Å²) in [6.45, 7) is 3.05. The molecule has 1 amide bonds. The predicted molar refractivity (Wildman–Crippen MR) is 116 cm³/mol. The minimum absolute atomic E-state index is 0.0531. The van der Waals surface area contributed by atoms with Crippen LogP contribution in [0.1, 0.15) is 81.5 Å². The zero-order valence-corrected chi connectivity index (χ0v) is 18.5. The average Bonchev–Trinajstić information content (AvgIpc) is 2.51. The van der Waals surface area contributed by atoms with E-state index in [0.717, 1.165) is 25.7 Å². The van der Waals surface area contributed by atoms with Crippen molar-refractivity contribution in [3.8, 4) is 0 Å². The molecule has 23 heavy (non-hydrogen) atoms. The lowest BCUT2D eigenvalue weighted by Crippen LogP contribution is -2.24. The Labute approximate surface area is 168 Å². The molecule has 1 rings (SSSR count). The Morgan fingerprint density at radius 3 is 1.83 bits per heavy atom. The summed E-state index contributed by atoms with van der Waals surface area (Å²) in [5.41, 5.74) is 0.772. The van der Waals surface area contributed by atoms with Crippen LogP contribution in [0.4, 0.5) is 0 Å². The third-order valence-electron chi connectivity index (χ3n) is 3.94. The standard InChI is InChI=1S/C19H29I2NO/c1-2-3-4-5-6-7-8-9-10-11-12-22-19(23)16-13-17(20)15-18(21)14-16/h13-15H,2-12H2,1H3,(H,22,23). The minimum atomic E-state index is 0.0531. The summed E-state index contributed by atoms with van der Waals surface area (Å²) in [7, 11) is 0. The lowest BCUT2D eigenvalue weighted by atomic mass is 10.1. The quantitative estimate of drug-likeness (QED) is 0.236. The van der Waals surface area contributed by atoms with Gasteiger partial charge in [-0.25, -0.2) is 0 Å². The molecule has 130 valence electrons. The Morgan fingerprint density at radius 2 is 1.30 bits per heavy atom. The molecule has 1 N–H and O–H groups in total. The fourth-order valence-corrected chi connectivity index (χ4v) is 4.54. The van der Waals surface area contributed by atoms with Gasteiger partial charge in [-0.05, 0) is 69.8 Å². The molecule has 0 radical (unpaired) electrons. The van der Waals surface area contributed by atoms with Gasteiger partial charge in [0.1, 0.15) is 0 Å². The molecule has 2 nitrogen and oxygen atoms in total. The van der Waals surface area contributed by atoms with Crippen molar-refractivity contribution >= 4 is 51.1 Å². The first-order valence-electron chi connectivity index (χ1n) is 8.87. The Balaban J connectivity index is 2.01. The topological polar surface area (TPSA) is 29.1 Å². The molecule has 0 aromatic heterocycles. The fourth-order valence-electron chi connectivity index (χ4n) is 2.60. The molecular formula is C19H29I2NO. The van der Waals surface area contributed by atoms with Crippen molar-refractivity contribution in [1.29, 1.82) is 0 Å². The van der Waals surface area contributed by atoms with E-state index in [9.17, 15) is 4.79 Å². The number of hydrogen-bond acceptors (Lipinski definition) is 1. The van der Waals surface area contributed by atoms with Crippen molar-refractivity contribution in [3.05, 3.63) is 30.9 Å². The van der Waals surface area contributed by atoms with Gasteiger partial charge in [0.25, 0.3) is 5.91 Å². The van der Waals surface area contributed by atoms with Gasteiger partial charge in [0, 0.05) is 19.2 Å². The number of amides is 1. The van der Waals surface area contributed by atoms with E-state index >= 15 is 0 Å². The summed E-state index contributed by atoms with van der Waals surface area (Å²) in [5.74, 6) is 0.0531. The van der Waals surface area contributed by atoms with Crippen LogP contribution in [0.25, 0.3) is 0 Å². The first kappa shape index (κ1) is 21.2. The SMILES string of the molecule is CCCCCCCCCCCCNC(=O)c1cc(I)cc(I)c1. The van der Waals surface area contributed by atoms with Crippen LogP contribution in [0.3, 0.4) is 0 Å². The Bertz CT molecular complexity index is 442. The Morgan fingerprint density at radius 1 is 0.826 bits per heavy atom. The van der Waals surface area contributed by atoms with E-state index < -0.39 is 0 Å². The molecule has 0 heterocycles. The van der Waals surface area contributed by atoms with E-state index in [1.807, 2.05) is 12.1 Å². The van der Waals surface area contributed by atoms with E-state index in [1.165, 1.54) is 57.8 Å². The van der Waals surface area contributed by atoms with Crippen LogP contribution in [0.2, 0.25) is 0 Å². The van der Waals surface area contributed by atoms with Gasteiger partial charge in [0.2, 0.25) is 0 Å². The van der Waals surface area contributed by atoms with Gasteiger partial charge in [0.15, 0.2) is 0 Å². The number of carbonyl (C=O) groups excluding carboxylic acids is 1. The molecule has 0 aliphatic carbocycles. The second kappa shape index (κ2) is 13.4. The zero-order chi connectivity index (χ0) is 16.9. The van der Waals surface area contributed by atoms with E-state index in [2.05, 4.69) is 63.5 Å². The molecular weight excluding hydrogens is 512 g/mol. The number of carbonyl (C=O) groups is 1. The fraction of sp³-hybridized carbons (Fsp3) is 0.632. The number of hydrogen-bond donors (Lipinski definition) is 1. The second-order valence-electron chi connectivity index (χ2n) is 6.10. The summed E-state index contributed by atoms with van der Waals surface area (Å²) in [5, 5.41) is 3.03. The van der Waals surface area contributed by atoms with Crippen LogP contribution < -0.4 is 5.32 Å². The number of benzene rings is 1. The summed E-state index contributed by atoms with van der Waals surface area (Å²) >= 11 is 4.51. The van der Waals surface area contributed by atoms with Gasteiger partial charge in [-0.3, -0.25) is 4.79 Å². The number of rotatable bonds is 12. The van der Waals surface area contributed by atoms with Crippen LogP contribution in [-0.2, 0) is 0 Å². The van der Waals surface area contributed by atoms with E-state index in [4.69, 9.17) is 0 Å². The van der Waals surface area contributed by atoms with Gasteiger partial charge in [0.05, 0.1) is 0 Å². The van der Waals surface area contributed by atoms with Crippen molar-refractivity contribution in [2.45, 2.75) is 71.1 Å². The highest BCUT2D eigenvalue weighted by molar-refractivity contribution is 14.1. The maximum Gasteiger partial charge on any atom is 0.251 e. The molecule has 0 fully saturated rings. The van der Waals surface area contributed by atoms with Gasteiger partial charge in [-0.1, -0.05) is 64.7 Å². The first-order chi connectivity index (χ1) is 11.1. The first-order valence-corrected chi connectivity index (χ1v) is 11.0. The smallest absolute Gasteiger partial charge is 0.251 e. The third kappa shape index (κ3) is 10.6. The lowest BCUT2D eigenvalue weighted by molar-refractivity contribution is 0.0953. The highest BCUT2D eigenvalue weighted by Crippen LogP contribution is 2.14. The van der Waals surface area contributed by atoms with Gasteiger partial charge >= 0.3 is 0 Å². The molecule has 0 saturated carbocycles. The highest BCUT2D eigenvalue weighted by Gasteiger charge is 2.06. The molecule has 0 aliphatic heterocycles. The van der Waals surface area contributed by atoms with E-state index in [1.54, 1.807) is 0 Å². The van der Waals surface area contributed by atoms with E-state index in [-0.39, 0.29) is 5.91 Å². The largest absolute Gasteiger partial charge is 0.352 e. The molecule has 0 unspecified atom stereocenters. The van der Waals surface area contributed by atoms with Crippen LogP contribution in [0.15, 0.2) is 18.2 Å². The van der Waals surface area contributed by atoms with Crippen LogP contribution in [0.5, 0.6) is 0 Å². The molecule has 1 aromatic rings. The molecule has 0 spiro atoms. The number of nitrogens with one attached hydrogen (secondary N) is 1. The van der Waals surface area contributed by atoms with Gasteiger partial charge in [-0.2, -0.15) is 0 Å². The number of unbranched alkanes of at least 4 members (excludes halogenated alkanes) is 9.